The second kappa shape index (κ2) is 7.98. The Kier molecular flexibility index (Phi) is 5.69. The van der Waals surface area contributed by atoms with Crippen LogP contribution in [0.2, 0.25) is 10.0 Å². The summed E-state index contributed by atoms with van der Waals surface area (Å²) in [5, 5.41) is 6.39. The fraction of sp³-hybridized carbons (Fsp3) is 0.263. The molecule has 0 spiro atoms. The SMILES string of the molecule is CCOc1ccccc1NC(=O)C1CC1C(=O)Nc1ccc(Cl)c(Cl)c1. The Morgan fingerprint density at radius 3 is 2.42 bits per heavy atom. The van der Waals surface area contributed by atoms with Crippen LogP contribution >= 0.6 is 23.2 Å². The number of amides is 2. The van der Waals surface area contributed by atoms with Gasteiger partial charge in [0.15, 0.2) is 0 Å². The van der Waals surface area contributed by atoms with Crippen molar-refractivity contribution in [1.29, 1.82) is 0 Å². The van der Waals surface area contributed by atoms with E-state index in [-0.39, 0.29) is 23.7 Å². The van der Waals surface area contributed by atoms with Gasteiger partial charge in [0, 0.05) is 5.69 Å². The molecular weight excluding hydrogens is 375 g/mol. The van der Waals surface area contributed by atoms with Crippen LogP contribution in [-0.2, 0) is 9.59 Å². The topological polar surface area (TPSA) is 67.4 Å². The molecule has 1 saturated carbocycles. The van der Waals surface area contributed by atoms with Gasteiger partial charge in [0.25, 0.3) is 0 Å². The molecule has 26 heavy (non-hydrogen) atoms. The van der Waals surface area contributed by atoms with Gasteiger partial charge >= 0.3 is 0 Å². The van der Waals surface area contributed by atoms with E-state index in [2.05, 4.69) is 10.6 Å². The van der Waals surface area contributed by atoms with Gasteiger partial charge in [-0.3, -0.25) is 9.59 Å². The molecule has 0 bridgehead atoms. The molecule has 2 atom stereocenters. The van der Waals surface area contributed by atoms with Crippen molar-refractivity contribution in [3.05, 3.63) is 52.5 Å². The highest BCUT2D eigenvalue weighted by molar-refractivity contribution is 6.42. The molecule has 1 fully saturated rings. The molecule has 0 aromatic heterocycles. The van der Waals surface area contributed by atoms with Gasteiger partial charge in [-0.05, 0) is 43.7 Å². The lowest BCUT2D eigenvalue weighted by atomic mass is 10.2. The quantitative estimate of drug-likeness (QED) is 0.754. The van der Waals surface area contributed by atoms with Crippen molar-refractivity contribution in [2.75, 3.05) is 17.2 Å². The molecule has 5 nitrogen and oxygen atoms in total. The van der Waals surface area contributed by atoms with Gasteiger partial charge in [-0.1, -0.05) is 35.3 Å². The lowest BCUT2D eigenvalue weighted by Gasteiger charge is -2.11. The number of carbonyl (C=O) groups is 2. The van der Waals surface area contributed by atoms with Crippen LogP contribution in [0, 0.1) is 11.8 Å². The van der Waals surface area contributed by atoms with Crippen molar-refractivity contribution in [3.8, 4) is 5.75 Å². The molecule has 2 aromatic rings. The number of rotatable bonds is 6. The summed E-state index contributed by atoms with van der Waals surface area (Å²) in [6, 6.07) is 12.1. The first-order chi connectivity index (χ1) is 12.5. The standard InChI is InChI=1S/C19H18Cl2N2O3/c1-2-26-17-6-4-3-5-16(17)23-19(25)13-10-12(13)18(24)22-11-7-8-14(20)15(21)9-11/h3-9,12-13H,2,10H2,1H3,(H,22,24)(H,23,25). The van der Waals surface area contributed by atoms with Crippen LogP contribution in [-0.4, -0.2) is 18.4 Å². The van der Waals surface area contributed by atoms with Crippen molar-refractivity contribution < 1.29 is 14.3 Å². The molecule has 0 heterocycles. The maximum atomic E-state index is 12.4. The van der Waals surface area contributed by atoms with Crippen molar-refractivity contribution in [2.24, 2.45) is 11.8 Å². The molecule has 2 N–H and O–H groups in total. The predicted octanol–water partition coefficient (Wildman–Crippen LogP) is 4.61. The summed E-state index contributed by atoms with van der Waals surface area (Å²) in [4.78, 5) is 24.7. The minimum Gasteiger partial charge on any atom is -0.492 e. The molecule has 1 aliphatic rings. The van der Waals surface area contributed by atoms with E-state index in [0.717, 1.165) is 0 Å². The summed E-state index contributed by atoms with van der Waals surface area (Å²) in [5.41, 5.74) is 1.16. The number of para-hydroxylation sites is 2. The van der Waals surface area contributed by atoms with E-state index >= 15 is 0 Å². The molecule has 0 radical (unpaired) electrons. The first-order valence-electron chi connectivity index (χ1n) is 8.28. The molecular formula is C19H18Cl2N2O3. The normalized spacial score (nSPS) is 18.1. The van der Waals surface area contributed by atoms with Crippen LogP contribution in [0.25, 0.3) is 0 Å². The molecule has 0 aliphatic heterocycles. The average molecular weight is 393 g/mol. The van der Waals surface area contributed by atoms with Gasteiger partial charge < -0.3 is 15.4 Å². The zero-order valence-corrected chi connectivity index (χ0v) is 15.6. The Morgan fingerprint density at radius 2 is 1.73 bits per heavy atom. The van der Waals surface area contributed by atoms with Crippen LogP contribution in [0.1, 0.15) is 13.3 Å². The average Bonchev–Trinajstić information content (AvgIpc) is 3.41. The number of carbonyl (C=O) groups excluding carboxylic acids is 2. The number of hydrogen-bond donors (Lipinski definition) is 2. The summed E-state index contributed by atoms with van der Waals surface area (Å²) >= 11 is 11.8. The third-order valence-electron chi connectivity index (χ3n) is 4.10. The monoisotopic (exact) mass is 392 g/mol. The summed E-state index contributed by atoms with van der Waals surface area (Å²) in [6.45, 7) is 2.38. The molecule has 136 valence electrons. The van der Waals surface area contributed by atoms with E-state index in [9.17, 15) is 9.59 Å². The zero-order valence-electron chi connectivity index (χ0n) is 14.1. The van der Waals surface area contributed by atoms with E-state index in [1.165, 1.54) is 0 Å². The first kappa shape index (κ1) is 18.5. The third-order valence-corrected chi connectivity index (χ3v) is 4.83. The van der Waals surface area contributed by atoms with Gasteiger partial charge in [-0.2, -0.15) is 0 Å². The third kappa shape index (κ3) is 4.29. The number of halogens is 2. The van der Waals surface area contributed by atoms with Crippen LogP contribution in [0.15, 0.2) is 42.5 Å². The summed E-state index contributed by atoms with van der Waals surface area (Å²) in [6.07, 6.45) is 0.510. The van der Waals surface area contributed by atoms with Crippen LogP contribution in [0.4, 0.5) is 11.4 Å². The van der Waals surface area contributed by atoms with Crippen LogP contribution < -0.4 is 15.4 Å². The lowest BCUT2D eigenvalue weighted by Crippen LogP contribution is -2.20. The fourth-order valence-electron chi connectivity index (χ4n) is 2.66. The number of benzene rings is 2. The van der Waals surface area contributed by atoms with Crippen LogP contribution in [0.5, 0.6) is 5.75 Å². The summed E-state index contributed by atoms with van der Waals surface area (Å²) < 4.78 is 5.49. The Bertz CT molecular complexity index is 841. The molecule has 3 rings (SSSR count). The number of hydrogen-bond acceptors (Lipinski definition) is 3. The highest BCUT2D eigenvalue weighted by Crippen LogP contribution is 2.41. The van der Waals surface area contributed by atoms with Gasteiger partial charge in [0.1, 0.15) is 5.75 Å². The number of nitrogens with one attached hydrogen (secondary N) is 2. The predicted molar refractivity (Wildman–Crippen MR) is 103 cm³/mol. The van der Waals surface area contributed by atoms with Gasteiger partial charge in [-0.25, -0.2) is 0 Å². The molecule has 2 amide bonds. The van der Waals surface area contributed by atoms with Crippen molar-refractivity contribution >= 4 is 46.4 Å². The molecule has 2 aromatic carbocycles. The Morgan fingerprint density at radius 1 is 1.04 bits per heavy atom. The first-order valence-corrected chi connectivity index (χ1v) is 9.03. The van der Waals surface area contributed by atoms with Gasteiger partial charge in [-0.15, -0.1) is 0 Å². The second-order valence-corrected chi connectivity index (χ2v) is 6.80. The van der Waals surface area contributed by atoms with E-state index in [1.54, 1.807) is 30.3 Å². The van der Waals surface area contributed by atoms with Crippen LogP contribution in [0.3, 0.4) is 0 Å². The maximum absolute atomic E-state index is 12.4. The molecule has 0 saturated heterocycles. The van der Waals surface area contributed by atoms with E-state index < -0.39 is 0 Å². The highest BCUT2D eigenvalue weighted by Gasteiger charge is 2.48. The maximum Gasteiger partial charge on any atom is 0.228 e. The number of ether oxygens (including phenoxy) is 1. The van der Waals surface area contributed by atoms with E-state index in [1.807, 2.05) is 19.1 Å². The second-order valence-electron chi connectivity index (χ2n) is 5.99. The molecule has 1 aliphatic carbocycles. The van der Waals surface area contributed by atoms with Gasteiger partial charge in [0.05, 0.1) is 34.2 Å². The summed E-state index contributed by atoms with van der Waals surface area (Å²) in [5.74, 6) is -0.495. The Hall–Kier alpha value is -2.24. The minimum atomic E-state index is -0.358. The van der Waals surface area contributed by atoms with Crippen molar-refractivity contribution in [3.63, 3.8) is 0 Å². The minimum absolute atomic E-state index is 0.188. The van der Waals surface area contributed by atoms with Gasteiger partial charge in [0.2, 0.25) is 11.8 Å². The highest BCUT2D eigenvalue weighted by atomic mass is 35.5. The lowest BCUT2D eigenvalue weighted by molar-refractivity contribution is -0.122. The summed E-state index contributed by atoms with van der Waals surface area (Å²) in [7, 11) is 0. The number of anilines is 2. The smallest absolute Gasteiger partial charge is 0.228 e. The van der Waals surface area contributed by atoms with Crippen molar-refractivity contribution in [2.45, 2.75) is 13.3 Å². The van der Waals surface area contributed by atoms with E-state index in [4.69, 9.17) is 27.9 Å². The Balaban J connectivity index is 1.58. The van der Waals surface area contributed by atoms with E-state index in [0.29, 0.717) is 40.2 Å². The Labute approximate surface area is 161 Å². The molecule has 2 unspecified atom stereocenters. The molecule has 7 heteroatoms. The van der Waals surface area contributed by atoms with Crippen molar-refractivity contribution in [1.82, 2.24) is 0 Å². The largest absolute Gasteiger partial charge is 0.492 e. The zero-order chi connectivity index (χ0) is 18.7. The fourth-order valence-corrected chi connectivity index (χ4v) is 2.96.